The Morgan fingerprint density at radius 1 is 1.28 bits per heavy atom. The second-order valence-electron chi connectivity index (χ2n) is 6.23. The minimum absolute atomic E-state index is 0.0344. The van der Waals surface area contributed by atoms with Gasteiger partial charge < -0.3 is 9.64 Å². The van der Waals surface area contributed by atoms with Gasteiger partial charge in [-0.15, -0.1) is 11.8 Å². The van der Waals surface area contributed by atoms with E-state index in [-0.39, 0.29) is 12.0 Å². The molecule has 1 unspecified atom stereocenters. The van der Waals surface area contributed by atoms with Crippen molar-refractivity contribution in [1.29, 1.82) is 0 Å². The van der Waals surface area contributed by atoms with E-state index in [1.807, 2.05) is 55.3 Å². The van der Waals surface area contributed by atoms with Crippen molar-refractivity contribution in [2.24, 2.45) is 0 Å². The van der Waals surface area contributed by atoms with Gasteiger partial charge in [0.15, 0.2) is 0 Å². The second kappa shape index (κ2) is 7.87. The first kappa shape index (κ1) is 17.7. The number of amides is 1. The number of ether oxygens (including phenoxy) is 1. The first-order chi connectivity index (χ1) is 12.1. The molecular weight excluding hydrogens is 334 g/mol. The average Bonchev–Trinajstić information content (AvgIpc) is 2.60. The molecule has 1 aromatic carbocycles. The number of aromatic nitrogens is 2. The molecule has 2 aromatic rings. The summed E-state index contributed by atoms with van der Waals surface area (Å²) in [5.41, 5.74) is 1.66. The van der Waals surface area contributed by atoms with Crippen molar-refractivity contribution >= 4 is 17.7 Å². The summed E-state index contributed by atoms with van der Waals surface area (Å²) in [6, 6.07) is 9.61. The fraction of sp³-hybridized carbons (Fsp3) is 0.421. The molecule has 1 aromatic heterocycles. The summed E-state index contributed by atoms with van der Waals surface area (Å²) in [5, 5.41) is 0. The van der Waals surface area contributed by atoms with Gasteiger partial charge in [0, 0.05) is 23.2 Å². The molecular formula is C19H23N3O2S. The zero-order valence-corrected chi connectivity index (χ0v) is 15.7. The number of likely N-dealkylation sites (tertiary alicyclic amines) is 1. The first-order valence-corrected chi connectivity index (χ1v) is 9.70. The van der Waals surface area contributed by atoms with E-state index in [4.69, 9.17) is 4.74 Å². The van der Waals surface area contributed by atoms with Crippen LogP contribution in [-0.2, 0) is 0 Å². The number of aryl methyl sites for hydroxylation is 2. The molecule has 1 saturated heterocycles. The van der Waals surface area contributed by atoms with E-state index in [2.05, 4.69) is 9.97 Å². The number of thioether (sulfide) groups is 1. The Morgan fingerprint density at radius 2 is 2.08 bits per heavy atom. The van der Waals surface area contributed by atoms with Gasteiger partial charge in [-0.3, -0.25) is 4.79 Å². The zero-order valence-electron chi connectivity index (χ0n) is 14.9. The predicted octanol–water partition coefficient (Wildman–Crippen LogP) is 3.50. The molecule has 1 atom stereocenters. The molecule has 1 aliphatic rings. The predicted molar refractivity (Wildman–Crippen MR) is 99.3 cm³/mol. The van der Waals surface area contributed by atoms with Crippen molar-refractivity contribution < 1.29 is 9.53 Å². The fourth-order valence-corrected chi connectivity index (χ4v) is 3.71. The summed E-state index contributed by atoms with van der Waals surface area (Å²) in [6.45, 7) is 5.14. The van der Waals surface area contributed by atoms with Crippen LogP contribution in [0.25, 0.3) is 0 Å². The number of hydrogen-bond donors (Lipinski definition) is 0. The Balaban J connectivity index is 1.71. The molecule has 0 aliphatic carbocycles. The van der Waals surface area contributed by atoms with E-state index >= 15 is 0 Å². The van der Waals surface area contributed by atoms with Gasteiger partial charge in [-0.2, -0.15) is 4.98 Å². The first-order valence-electron chi connectivity index (χ1n) is 8.48. The maximum Gasteiger partial charge on any atom is 0.255 e. The third-order valence-corrected chi connectivity index (χ3v) is 5.03. The SMILES string of the molecule is CSc1ccccc1C(=O)N1CCCC(Oc2cc(C)nc(C)n2)C1. The van der Waals surface area contributed by atoms with Gasteiger partial charge in [0.1, 0.15) is 11.9 Å². The smallest absolute Gasteiger partial charge is 0.255 e. The van der Waals surface area contributed by atoms with Crippen molar-refractivity contribution in [3.63, 3.8) is 0 Å². The lowest BCUT2D eigenvalue weighted by molar-refractivity contribution is 0.0523. The Kier molecular flexibility index (Phi) is 5.58. The van der Waals surface area contributed by atoms with Crippen LogP contribution in [0, 0.1) is 13.8 Å². The highest BCUT2D eigenvalue weighted by Gasteiger charge is 2.27. The quantitative estimate of drug-likeness (QED) is 0.784. The lowest BCUT2D eigenvalue weighted by Gasteiger charge is -2.33. The topological polar surface area (TPSA) is 55.3 Å². The molecule has 0 spiro atoms. The van der Waals surface area contributed by atoms with Crippen molar-refractivity contribution in [1.82, 2.24) is 14.9 Å². The van der Waals surface area contributed by atoms with E-state index in [0.29, 0.717) is 18.2 Å². The molecule has 3 rings (SSSR count). The fourth-order valence-electron chi connectivity index (χ4n) is 3.12. The molecule has 0 N–H and O–H groups in total. The largest absolute Gasteiger partial charge is 0.472 e. The van der Waals surface area contributed by atoms with Crippen molar-refractivity contribution in [2.75, 3.05) is 19.3 Å². The van der Waals surface area contributed by atoms with Crippen molar-refractivity contribution in [2.45, 2.75) is 37.7 Å². The molecule has 0 saturated carbocycles. The second-order valence-corrected chi connectivity index (χ2v) is 7.08. The number of piperidine rings is 1. The summed E-state index contributed by atoms with van der Waals surface area (Å²) in [4.78, 5) is 24.4. The summed E-state index contributed by atoms with van der Waals surface area (Å²) in [7, 11) is 0. The molecule has 0 radical (unpaired) electrons. The van der Waals surface area contributed by atoms with E-state index in [0.717, 1.165) is 35.5 Å². The lowest BCUT2D eigenvalue weighted by atomic mass is 10.1. The standard InChI is InChI=1S/C19H23N3O2S/c1-13-11-18(21-14(2)20-13)24-15-7-6-10-22(12-15)19(23)16-8-4-5-9-17(16)25-3/h4-5,8-9,11,15H,6-7,10,12H2,1-3H3. The Morgan fingerprint density at radius 3 is 2.84 bits per heavy atom. The molecule has 132 valence electrons. The summed E-state index contributed by atoms with van der Waals surface area (Å²) < 4.78 is 6.04. The molecule has 1 fully saturated rings. The van der Waals surface area contributed by atoms with Gasteiger partial charge in [0.05, 0.1) is 12.1 Å². The van der Waals surface area contributed by atoms with Crippen molar-refractivity contribution in [3.8, 4) is 5.88 Å². The van der Waals surface area contributed by atoms with Gasteiger partial charge in [-0.1, -0.05) is 12.1 Å². The Labute approximate surface area is 152 Å². The van der Waals surface area contributed by atoms with Crippen LogP contribution in [0.4, 0.5) is 0 Å². The molecule has 1 aliphatic heterocycles. The van der Waals surface area contributed by atoms with E-state index in [1.54, 1.807) is 11.8 Å². The van der Waals surface area contributed by atoms with E-state index in [9.17, 15) is 4.79 Å². The van der Waals surface area contributed by atoms with Crippen molar-refractivity contribution in [3.05, 3.63) is 47.4 Å². The van der Waals surface area contributed by atoms with Crippen LogP contribution < -0.4 is 4.74 Å². The number of rotatable bonds is 4. The molecule has 1 amide bonds. The normalized spacial score (nSPS) is 17.4. The lowest BCUT2D eigenvalue weighted by Crippen LogP contribution is -2.44. The maximum absolute atomic E-state index is 12.9. The maximum atomic E-state index is 12.9. The van der Waals surface area contributed by atoms with Crippen LogP contribution in [0.5, 0.6) is 5.88 Å². The van der Waals surface area contributed by atoms with Gasteiger partial charge in [0.2, 0.25) is 5.88 Å². The van der Waals surface area contributed by atoms with Crippen LogP contribution in [0.3, 0.4) is 0 Å². The third kappa shape index (κ3) is 4.31. The van der Waals surface area contributed by atoms with Gasteiger partial charge in [-0.05, 0) is 45.1 Å². The molecule has 0 bridgehead atoms. The number of hydrogen-bond acceptors (Lipinski definition) is 5. The third-order valence-electron chi connectivity index (χ3n) is 4.23. The molecule has 2 heterocycles. The van der Waals surface area contributed by atoms with Crippen LogP contribution in [-0.4, -0.2) is 46.2 Å². The van der Waals surface area contributed by atoms with Crippen LogP contribution in [0.15, 0.2) is 35.2 Å². The number of benzene rings is 1. The average molecular weight is 357 g/mol. The number of carbonyl (C=O) groups excluding carboxylic acids is 1. The minimum Gasteiger partial charge on any atom is -0.472 e. The van der Waals surface area contributed by atoms with Crippen LogP contribution in [0.2, 0.25) is 0 Å². The summed E-state index contributed by atoms with van der Waals surface area (Å²) >= 11 is 1.60. The van der Waals surface area contributed by atoms with Gasteiger partial charge >= 0.3 is 0 Å². The molecule has 6 heteroatoms. The van der Waals surface area contributed by atoms with E-state index in [1.165, 1.54) is 0 Å². The monoisotopic (exact) mass is 357 g/mol. The minimum atomic E-state index is -0.0344. The Bertz CT molecular complexity index is 746. The highest BCUT2D eigenvalue weighted by atomic mass is 32.2. The summed E-state index contributed by atoms with van der Waals surface area (Å²) in [5.74, 6) is 1.37. The number of nitrogens with zero attached hydrogens (tertiary/aromatic N) is 3. The van der Waals surface area contributed by atoms with E-state index < -0.39 is 0 Å². The van der Waals surface area contributed by atoms with Gasteiger partial charge in [0.25, 0.3) is 5.91 Å². The Hall–Kier alpha value is -2.08. The summed E-state index contributed by atoms with van der Waals surface area (Å²) in [6.07, 6.45) is 3.82. The van der Waals surface area contributed by atoms with Crippen LogP contribution >= 0.6 is 11.8 Å². The zero-order chi connectivity index (χ0) is 17.8. The number of carbonyl (C=O) groups is 1. The van der Waals surface area contributed by atoms with Gasteiger partial charge in [-0.25, -0.2) is 4.98 Å². The molecule has 5 nitrogen and oxygen atoms in total. The highest BCUT2D eigenvalue weighted by molar-refractivity contribution is 7.98. The highest BCUT2D eigenvalue weighted by Crippen LogP contribution is 2.24. The molecule has 25 heavy (non-hydrogen) atoms. The van der Waals surface area contributed by atoms with Crippen LogP contribution in [0.1, 0.15) is 34.7 Å².